The summed E-state index contributed by atoms with van der Waals surface area (Å²) in [5, 5.41) is -0.682. The predicted octanol–water partition coefficient (Wildman–Crippen LogP) is 2.49. The molecule has 2 N–H and O–H groups in total. The maximum atomic E-state index is 13.7. The molecular weight excluding hydrogens is 309 g/mol. The summed E-state index contributed by atoms with van der Waals surface area (Å²) in [6, 6.07) is 4.57. The fraction of sp³-hybridized carbons (Fsp3) is 0.364. The molecule has 1 aromatic rings. The van der Waals surface area contributed by atoms with E-state index >= 15 is 0 Å². The second kappa shape index (κ2) is 6.98. The number of ether oxygens (including phenoxy) is 1. The van der Waals surface area contributed by atoms with Crippen LogP contribution in [-0.2, 0) is 9.53 Å². The molecule has 3 nitrogen and oxygen atoms in total. The molecule has 0 aliphatic rings. The van der Waals surface area contributed by atoms with Crippen LogP contribution >= 0.6 is 27.7 Å². The number of halogens is 2. The number of hydrogen-bond donors (Lipinski definition) is 1. The zero-order valence-electron chi connectivity index (χ0n) is 9.28. The van der Waals surface area contributed by atoms with E-state index in [0.29, 0.717) is 22.4 Å². The van der Waals surface area contributed by atoms with Crippen molar-refractivity contribution in [2.24, 2.45) is 5.73 Å². The lowest BCUT2D eigenvalue weighted by atomic mass is 10.1. The van der Waals surface area contributed by atoms with Crippen molar-refractivity contribution >= 4 is 33.6 Å². The number of carbonyl (C=O) groups excluding carboxylic acids is 1. The van der Waals surface area contributed by atoms with E-state index in [1.54, 1.807) is 19.2 Å². The third-order valence-corrected chi connectivity index (χ3v) is 3.79. The van der Waals surface area contributed by atoms with Crippen molar-refractivity contribution in [3.8, 4) is 0 Å². The summed E-state index contributed by atoms with van der Waals surface area (Å²) in [6.45, 7) is 0.493. The lowest BCUT2D eigenvalue weighted by Gasteiger charge is -2.14. The Hall–Kier alpha value is -0.590. The lowest BCUT2D eigenvalue weighted by Crippen LogP contribution is -2.20. The number of carbonyl (C=O) groups is 1. The van der Waals surface area contributed by atoms with Crippen LogP contribution in [0.4, 0.5) is 4.39 Å². The van der Waals surface area contributed by atoms with Gasteiger partial charge in [-0.25, -0.2) is 4.39 Å². The molecular formula is C11H13BrFNO2S. The maximum Gasteiger partial charge on any atom is 0.235 e. The van der Waals surface area contributed by atoms with Gasteiger partial charge in [-0.2, -0.15) is 0 Å². The zero-order valence-corrected chi connectivity index (χ0v) is 11.7. The molecule has 0 bridgehead atoms. The average molecular weight is 322 g/mol. The van der Waals surface area contributed by atoms with E-state index in [1.807, 2.05) is 0 Å². The normalized spacial score (nSPS) is 12.4. The maximum absolute atomic E-state index is 13.7. The topological polar surface area (TPSA) is 52.3 Å². The van der Waals surface area contributed by atoms with Crippen LogP contribution in [0.3, 0.4) is 0 Å². The van der Waals surface area contributed by atoms with Crippen molar-refractivity contribution in [3.63, 3.8) is 0 Å². The van der Waals surface area contributed by atoms with Gasteiger partial charge in [-0.05, 0) is 12.1 Å². The van der Waals surface area contributed by atoms with Gasteiger partial charge in [-0.3, -0.25) is 4.79 Å². The van der Waals surface area contributed by atoms with Gasteiger partial charge in [0.1, 0.15) is 11.1 Å². The molecule has 1 aromatic carbocycles. The van der Waals surface area contributed by atoms with Crippen molar-refractivity contribution in [2.75, 3.05) is 19.5 Å². The van der Waals surface area contributed by atoms with Gasteiger partial charge >= 0.3 is 0 Å². The second-order valence-electron chi connectivity index (χ2n) is 3.31. The Morgan fingerprint density at radius 2 is 2.35 bits per heavy atom. The van der Waals surface area contributed by atoms with Gasteiger partial charge < -0.3 is 10.5 Å². The molecule has 1 atom stereocenters. The molecule has 0 radical (unpaired) electrons. The van der Waals surface area contributed by atoms with Gasteiger partial charge in [0.2, 0.25) is 5.91 Å². The van der Waals surface area contributed by atoms with Crippen molar-refractivity contribution in [3.05, 3.63) is 34.1 Å². The lowest BCUT2D eigenvalue weighted by molar-refractivity contribution is -0.117. The van der Waals surface area contributed by atoms with Gasteiger partial charge in [-0.1, -0.05) is 22.0 Å². The summed E-state index contributed by atoms with van der Waals surface area (Å²) in [5.74, 6) is -0.403. The van der Waals surface area contributed by atoms with Crippen LogP contribution in [0.2, 0.25) is 0 Å². The summed E-state index contributed by atoms with van der Waals surface area (Å²) in [7, 11) is 1.57. The van der Waals surface area contributed by atoms with Crippen LogP contribution in [0.15, 0.2) is 22.7 Å². The number of nitrogens with two attached hydrogens (primary N) is 1. The molecule has 17 heavy (non-hydrogen) atoms. The monoisotopic (exact) mass is 321 g/mol. The molecule has 0 saturated heterocycles. The summed E-state index contributed by atoms with van der Waals surface area (Å²) in [6.07, 6.45) is 0. The molecule has 0 aromatic heterocycles. The third-order valence-electron chi connectivity index (χ3n) is 2.08. The van der Waals surface area contributed by atoms with Gasteiger partial charge in [0, 0.05) is 22.9 Å². The molecule has 0 saturated carbocycles. The number of thioether (sulfide) groups is 1. The van der Waals surface area contributed by atoms with Crippen molar-refractivity contribution in [1.82, 2.24) is 0 Å². The van der Waals surface area contributed by atoms with Gasteiger partial charge in [-0.15, -0.1) is 11.8 Å². The number of benzene rings is 1. The summed E-state index contributed by atoms with van der Waals surface area (Å²) >= 11 is 4.44. The van der Waals surface area contributed by atoms with Crippen LogP contribution in [0.25, 0.3) is 0 Å². The molecule has 0 spiro atoms. The number of rotatable bonds is 6. The van der Waals surface area contributed by atoms with E-state index in [-0.39, 0.29) is 0 Å². The first-order valence-corrected chi connectivity index (χ1v) is 6.75. The summed E-state index contributed by atoms with van der Waals surface area (Å²) < 4.78 is 19.2. The van der Waals surface area contributed by atoms with Gasteiger partial charge in [0.25, 0.3) is 0 Å². The molecule has 6 heteroatoms. The smallest absolute Gasteiger partial charge is 0.235 e. The van der Waals surface area contributed by atoms with E-state index < -0.39 is 17.0 Å². The van der Waals surface area contributed by atoms with Crippen LogP contribution in [-0.4, -0.2) is 25.4 Å². The van der Waals surface area contributed by atoms with E-state index in [9.17, 15) is 9.18 Å². The first kappa shape index (κ1) is 14.5. The first-order chi connectivity index (χ1) is 8.06. The van der Waals surface area contributed by atoms with E-state index in [2.05, 4.69) is 15.9 Å². The Bertz CT molecular complexity index is 403. The van der Waals surface area contributed by atoms with Crippen molar-refractivity contribution in [2.45, 2.75) is 5.25 Å². The number of primary amides is 1. The van der Waals surface area contributed by atoms with Crippen molar-refractivity contribution in [1.29, 1.82) is 0 Å². The largest absolute Gasteiger partial charge is 0.384 e. The van der Waals surface area contributed by atoms with Crippen LogP contribution in [0, 0.1) is 5.82 Å². The highest BCUT2D eigenvalue weighted by Gasteiger charge is 2.21. The highest BCUT2D eigenvalue weighted by molar-refractivity contribution is 9.10. The fourth-order valence-corrected chi connectivity index (χ4v) is 2.66. The summed E-state index contributed by atoms with van der Waals surface area (Å²) in [4.78, 5) is 11.3. The Kier molecular flexibility index (Phi) is 5.94. The predicted molar refractivity (Wildman–Crippen MR) is 70.4 cm³/mol. The molecule has 94 valence electrons. The van der Waals surface area contributed by atoms with Crippen LogP contribution in [0.1, 0.15) is 10.8 Å². The Balaban J connectivity index is 2.86. The number of methoxy groups -OCH3 is 1. The van der Waals surface area contributed by atoms with Crippen molar-refractivity contribution < 1.29 is 13.9 Å². The van der Waals surface area contributed by atoms with E-state index in [4.69, 9.17) is 10.5 Å². The van der Waals surface area contributed by atoms with Gasteiger partial charge in [0.15, 0.2) is 0 Å². The highest BCUT2D eigenvalue weighted by atomic mass is 79.9. The molecule has 0 fully saturated rings. The van der Waals surface area contributed by atoms with Gasteiger partial charge in [0.05, 0.1) is 6.61 Å². The number of amides is 1. The quantitative estimate of drug-likeness (QED) is 0.819. The minimum Gasteiger partial charge on any atom is -0.384 e. The minimum absolute atomic E-state index is 0.307. The molecule has 1 rings (SSSR count). The molecule has 0 aliphatic carbocycles. The SMILES string of the molecule is COCCS[C@H](C(N)=O)c1ccc(Br)cc1F. The minimum atomic E-state index is -0.682. The van der Waals surface area contributed by atoms with Crippen LogP contribution in [0.5, 0.6) is 0 Å². The average Bonchev–Trinajstić information content (AvgIpc) is 2.25. The van der Waals surface area contributed by atoms with E-state index in [1.165, 1.54) is 17.8 Å². The standard InChI is InChI=1S/C11H13BrFNO2S/c1-16-4-5-17-10(11(14)15)8-3-2-7(12)6-9(8)13/h2-3,6,10H,4-5H2,1H3,(H2,14,15)/t10-/m0/s1. The highest BCUT2D eigenvalue weighted by Crippen LogP contribution is 2.31. The van der Waals surface area contributed by atoms with E-state index in [0.717, 1.165) is 0 Å². The fourth-order valence-electron chi connectivity index (χ4n) is 1.29. The Labute approximate surface area is 112 Å². The summed E-state index contributed by atoms with van der Waals surface area (Å²) in [5.41, 5.74) is 5.59. The molecule has 1 amide bonds. The Morgan fingerprint density at radius 1 is 1.65 bits per heavy atom. The number of hydrogen-bond acceptors (Lipinski definition) is 3. The molecule has 0 unspecified atom stereocenters. The third kappa shape index (κ3) is 4.29. The first-order valence-electron chi connectivity index (χ1n) is 4.91. The second-order valence-corrected chi connectivity index (χ2v) is 5.44. The molecule has 0 heterocycles. The Morgan fingerprint density at radius 3 is 2.88 bits per heavy atom. The van der Waals surface area contributed by atoms with Crippen LogP contribution < -0.4 is 5.73 Å². The zero-order chi connectivity index (χ0) is 12.8. The molecule has 0 aliphatic heterocycles.